The Labute approximate surface area is 221 Å². The van der Waals surface area contributed by atoms with Crippen molar-refractivity contribution in [1.82, 2.24) is 9.80 Å². The molecule has 2 amide bonds. The molecule has 3 rings (SSSR count). The normalized spacial score (nSPS) is 33.3. The minimum absolute atomic E-state index is 0.0231. The minimum atomic E-state index is -0.794. The van der Waals surface area contributed by atoms with Crippen molar-refractivity contribution in [3.05, 3.63) is 25.3 Å². The van der Waals surface area contributed by atoms with E-state index in [9.17, 15) is 19.5 Å². The van der Waals surface area contributed by atoms with Gasteiger partial charge >= 0.3 is 5.97 Å². The van der Waals surface area contributed by atoms with Crippen LogP contribution in [0.15, 0.2) is 25.3 Å². The molecule has 0 saturated carbocycles. The van der Waals surface area contributed by atoms with E-state index in [0.717, 1.165) is 6.42 Å². The zero-order chi connectivity index (χ0) is 26.3. The molecular formula is C26H39BrN2O5S. The second kappa shape index (κ2) is 10.6. The maximum atomic E-state index is 14.4. The van der Waals surface area contributed by atoms with Gasteiger partial charge < -0.3 is 19.6 Å². The number of hydrogen-bond donors (Lipinski definition) is 1. The Morgan fingerprint density at radius 3 is 2.54 bits per heavy atom. The molecule has 8 atom stereocenters. The van der Waals surface area contributed by atoms with Crippen LogP contribution in [0.5, 0.6) is 0 Å². The highest BCUT2D eigenvalue weighted by Crippen LogP contribution is 2.68. The summed E-state index contributed by atoms with van der Waals surface area (Å²) in [5.41, 5.74) is -0.503. The van der Waals surface area contributed by atoms with Crippen LogP contribution in [0.25, 0.3) is 0 Å². The van der Waals surface area contributed by atoms with Crippen LogP contribution in [0.1, 0.15) is 47.5 Å². The van der Waals surface area contributed by atoms with Crippen LogP contribution < -0.4 is 0 Å². The lowest BCUT2D eigenvalue weighted by molar-refractivity contribution is -0.154. The number of halogens is 1. The summed E-state index contributed by atoms with van der Waals surface area (Å²) in [5.74, 6) is -2.19. The van der Waals surface area contributed by atoms with Crippen LogP contribution in [0.4, 0.5) is 0 Å². The molecule has 3 aliphatic rings. The molecule has 196 valence electrons. The van der Waals surface area contributed by atoms with Crippen LogP contribution in [-0.2, 0) is 19.1 Å². The molecule has 7 nitrogen and oxygen atoms in total. The molecule has 2 bridgehead atoms. The van der Waals surface area contributed by atoms with Gasteiger partial charge in [-0.05, 0) is 33.1 Å². The molecule has 0 aliphatic carbocycles. The van der Waals surface area contributed by atoms with E-state index in [1.807, 2.05) is 34.6 Å². The van der Waals surface area contributed by atoms with Gasteiger partial charge in [0, 0.05) is 22.2 Å². The molecular weight excluding hydrogens is 532 g/mol. The van der Waals surface area contributed by atoms with E-state index < -0.39 is 40.2 Å². The second-order valence-corrected chi connectivity index (χ2v) is 13.6. The lowest BCUT2D eigenvalue weighted by Gasteiger charge is -2.44. The molecule has 1 spiro atoms. The monoisotopic (exact) mass is 570 g/mol. The van der Waals surface area contributed by atoms with Crippen molar-refractivity contribution in [2.75, 3.05) is 19.8 Å². The molecule has 0 aromatic heterocycles. The number of aliphatic hydroxyl groups is 1. The van der Waals surface area contributed by atoms with E-state index in [1.165, 1.54) is 6.08 Å². The number of alkyl halides is 1. The zero-order valence-electron chi connectivity index (χ0n) is 21.4. The number of thioether (sulfide) groups is 1. The fraction of sp³-hybridized carbons (Fsp3) is 0.731. The Bertz CT molecular complexity index is 876. The van der Waals surface area contributed by atoms with Gasteiger partial charge in [0.1, 0.15) is 12.6 Å². The van der Waals surface area contributed by atoms with Crippen molar-refractivity contribution in [3.8, 4) is 0 Å². The average Bonchev–Trinajstić information content (AvgIpc) is 3.38. The Hall–Kier alpha value is -1.32. The molecule has 3 saturated heterocycles. The highest BCUT2D eigenvalue weighted by atomic mass is 79.9. The Morgan fingerprint density at radius 2 is 2.03 bits per heavy atom. The van der Waals surface area contributed by atoms with Crippen molar-refractivity contribution < 1.29 is 24.2 Å². The van der Waals surface area contributed by atoms with Gasteiger partial charge in [-0.1, -0.05) is 54.9 Å². The fourth-order valence-electron chi connectivity index (χ4n) is 6.00. The van der Waals surface area contributed by atoms with Gasteiger partial charge in [-0.3, -0.25) is 14.4 Å². The maximum absolute atomic E-state index is 14.4. The lowest BCUT2D eigenvalue weighted by atomic mass is 9.71. The maximum Gasteiger partial charge on any atom is 0.311 e. The van der Waals surface area contributed by atoms with E-state index in [-0.39, 0.29) is 41.0 Å². The molecule has 35 heavy (non-hydrogen) atoms. The van der Waals surface area contributed by atoms with Crippen LogP contribution in [0.2, 0.25) is 0 Å². The number of carbonyl (C=O) groups excluding carboxylic acids is 3. The van der Waals surface area contributed by atoms with Crippen LogP contribution >= 0.6 is 27.7 Å². The first-order valence-corrected chi connectivity index (χ1v) is 14.2. The van der Waals surface area contributed by atoms with E-state index in [4.69, 9.17) is 4.74 Å². The standard InChI is InChI=1S/C26H39BrN2O5S/c1-8-11-28(25(5,6)7)23(32)21-26-13-16(27)20(35-26)18(24(33)34-12-9-2)19(26)22(31)29(21)17(14-30)15(4)10-3/h8-9,15-21,30H,1-2,10-14H2,3-7H3/t15-,16?,17-,18+,19-,20+,21?,26?/m0/s1. The minimum Gasteiger partial charge on any atom is -0.461 e. The molecule has 0 radical (unpaired) electrons. The number of aliphatic hydroxyl groups excluding tert-OH is 1. The SMILES string of the molecule is C=CCOC(=O)[C@H]1[C@@H]2SC3(CC2Br)C(C(=O)N(CC=C)C(C)(C)C)N([C@@H](CO)[C@@H](C)CC)C(=O)[C@H]13. The van der Waals surface area contributed by atoms with E-state index in [2.05, 4.69) is 29.1 Å². The molecule has 1 N–H and O–H groups in total. The van der Waals surface area contributed by atoms with Crippen LogP contribution in [0.3, 0.4) is 0 Å². The van der Waals surface area contributed by atoms with Crippen molar-refractivity contribution in [2.24, 2.45) is 17.8 Å². The highest BCUT2D eigenvalue weighted by Gasteiger charge is 2.77. The number of fused-ring (bicyclic) bond motifs is 1. The van der Waals surface area contributed by atoms with Gasteiger partial charge in [0.15, 0.2) is 0 Å². The van der Waals surface area contributed by atoms with E-state index >= 15 is 0 Å². The van der Waals surface area contributed by atoms with Crippen molar-refractivity contribution in [2.45, 2.75) is 79.9 Å². The van der Waals surface area contributed by atoms with Gasteiger partial charge in [-0.2, -0.15) is 0 Å². The molecule has 3 fully saturated rings. The summed E-state index contributed by atoms with van der Waals surface area (Å²) >= 11 is 5.33. The molecule has 3 heterocycles. The fourth-order valence-corrected chi connectivity index (χ4v) is 9.58. The summed E-state index contributed by atoms with van der Waals surface area (Å²) in [7, 11) is 0. The first-order valence-electron chi connectivity index (χ1n) is 12.4. The summed E-state index contributed by atoms with van der Waals surface area (Å²) in [6.45, 7) is 17.5. The van der Waals surface area contributed by atoms with Crippen LogP contribution in [0, 0.1) is 17.8 Å². The Morgan fingerprint density at radius 1 is 1.37 bits per heavy atom. The number of esters is 1. The third-order valence-electron chi connectivity index (χ3n) is 7.81. The molecule has 3 aliphatic heterocycles. The summed E-state index contributed by atoms with van der Waals surface area (Å²) < 4.78 is 4.65. The number of carbonyl (C=O) groups is 3. The smallest absolute Gasteiger partial charge is 0.311 e. The number of amides is 2. The van der Waals surface area contributed by atoms with Gasteiger partial charge in [-0.15, -0.1) is 18.3 Å². The zero-order valence-corrected chi connectivity index (χ0v) is 23.8. The number of hydrogen-bond acceptors (Lipinski definition) is 6. The molecule has 0 aromatic carbocycles. The first-order chi connectivity index (χ1) is 16.4. The van der Waals surface area contributed by atoms with Crippen LogP contribution in [-0.4, -0.2) is 84.9 Å². The van der Waals surface area contributed by atoms with Gasteiger partial charge in [0.2, 0.25) is 11.8 Å². The largest absolute Gasteiger partial charge is 0.461 e. The molecule has 9 heteroatoms. The summed E-state index contributed by atoms with van der Waals surface area (Å²) in [5, 5.41) is 10.3. The molecule has 3 unspecified atom stereocenters. The number of nitrogens with zero attached hydrogens (tertiary/aromatic N) is 2. The number of likely N-dealkylation sites (tertiary alicyclic amines) is 1. The number of ether oxygens (including phenoxy) is 1. The summed E-state index contributed by atoms with van der Waals surface area (Å²) in [6.07, 6.45) is 4.53. The van der Waals surface area contributed by atoms with Crippen molar-refractivity contribution in [3.63, 3.8) is 0 Å². The quantitative estimate of drug-likeness (QED) is 0.246. The van der Waals surface area contributed by atoms with Gasteiger partial charge in [0.05, 0.1) is 29.2 Å². The van der Waals surface area contributed by atoms with Gasteiger partial charge in [0.25, 0.3) is 0 Å². The van der Waals surface area contributed by atoms with E-state index in [1.54, 1.807) is 27.6 Å². The third kappa shape index (κ3) is 4.61. The Kier molecular flexibility index (Phi) is 8.54. The lowest BCUT2D eigenvalue weighted by Crippen LogP contribution is -2.61. The number of rotatable bonds is 10. The average molecular weight is 572 g/mol. The van der Waals surface area contributed by atoms with Crippen molar-refractivity contribution >= 4 is 45.5 Å². The Balaban J connectivity index is 2.17. The predicted molar refractivity (Wildman–Crippen MR) is 142 cm³/mol. The third-order valence-corrected chi connectivity index (χ3v) is 11.0. The summed E-state index contributed by atoms with van der Waals surface area (Å²) in [6, 6.07) is -1.32. The topological polar surface area (TPSA) is 87.2 Å². The molecule has 0 aromatic rings. The predicted octanol–water partition coefficient (Wildman–Crippen LogP) is 3.40. The van der Waals surface area contributed by atoms with Crippen molar-refractivity contribution in [1.29, 1.82) is 0 Å². The summed E-state index contributed by atoms with van der Waals surface area (Å²) in [4.78, 5) is 45.1. The van der Waals surface area contributed by atoms with E-state index in [0.29, 0.717) is 13.0 Å². The highest BCUT2D eigenvalue weighted by molar-refractivity contribution is 9.09. The first kappa shape index (κ1) is 28.3. The van der Waals surface area contributed by atoms with Gasteiger partial charge in [-0.25, -0.2) is 0 Å². The second-order valence-electron chi connectivity index (χ2n) is 10.9.